The molecule has 0 fully saturated rings. The number of hydrogen-bond donors (Lipinski definition) is 0. The van der Waals surface area contributed by atoms with E-state index in [-0.39, 0.29) is 10.8 Å². The van der Waals surface area contributed by atoms with E-state index in [1.165, 1.54) is 21.6 Å². The lowest BCUT2D eigenvalue weighted by molar-refractivity contribution is 0.589. The van der Waals surface area contributed by atoms with E-state index >= 15 is 0 Å². The van der Waals surface area contributed by atoms with Gasteiger partial charge in [0, 0.05) is 15.7 Å². The van der Waals surface area contributed by atoms with Crippen molar-refractivity contribution < 1.29 is 0 Å². The zero-order chi connectivity index (χ0) is 15.3. The molecule has 0 N–H and O–H groups in total. The lowest BCUT2D eigenvalue weighted by Crippen LogP contribution is -2.24. The van der Waals surface area contributed by atoms with Gasteiger partial charge in [0.1, 0.15) is 0 Å². The Morgan fingerprint density at radius 2 is 1.52 bits per heavy atom. The summed E-state index contributed by atoms with van der Waals surface area (Å²) in [7, 11) is 1.10. The second kappa shape index (κ2) is 4.71. The summed E-state index contributed by atoms with van der Waals surface area (Å²) in [4.78, 5) is 0. The molecule has 21 heavy (non-hydrogen) atoms. The van der Waals surface area contributed by atoms with E-state index in [4.69, 9.17) is 0 Å². The van der Waals surface area contributed by atoms with E-state index in [0.717, 1.165) is 10.2 Å². The summed E-state index contributed by atoms with van der Waals surface area (Å²) in [6, 6.07) is 18.0. The van der Waals surface area contributed by atoms with Crippen LogP contribution in [-0.2, 0) is 10.8 Å². The van der Waals surface area contributed by atoms with Crippen molar-refractivity contribution >= 4 is 21.5 Å². The maximum absolute atomic E-state index is 2.44. The first kappa shape index (κ1) is 14.3. The van der Waals surface area contributed by atoms with Gasteiger partial charge in [0.05, 0.1) is 0 Å². The van der Waals surface area contributed by atoms with Crippen LogP contribution in [0.5, 0.6) is 0 Å². The SMILES string of the molecule is CC(C)(C)c1ccc(C2(C)C=c3ccccc3=C2[SiH3])cc1. The fraction of sp³-hybridized carbons (Fsp3) is 0.300. The molecule has 0 aromatic heterocycles. The van der Waals surface area contributed by atoms with Gasteiger partial charge < -0.3 is 0 Å². The standard InChI is InChI=1S/C20H24Si/c1-19(2,3)15-9-11-16(12-10-15)20(4)13-14-7-5-6-8-17(14)18(20)21/h5-13H,1-4,21H3. The van der Waals surface area contributed by atoms with Crippen LogP contribution in [-0.4, -0.2) is 10.2 Å². The van der Waals surface area contributed by atoms with Crippen LogP contribution in [0.3, 0.4) is 0 Å². The minimum Gasteiger partial charge on any atom is -0.0704 e. The lowest BCUT2D eigenvalue weighted by atomic mass is 9.80. The fourth-order valence-electron chi connectivity index (χ4n) is 3.28. The third-order valence-corrected chi connectivity index (χ3v) is 6.52. The third-order valence-electron chi connectivity index (χ3n) is 4.94. The molecule has 1 heteroatoms. The van der Waals surface area contributed by atoms with Crippen molar-refractivity contribution in [2.75, 3.05) is 0 Å². The van der Waals surface area contributed by atoms with Crippen LogP contribution in [0.25, 0.3) is 11.3 Å². The molecule has 0 spiro atoms. The summed E-state index contributed by atoms with van der Waals surface area (Å²) in [5, 5.41) is 4.43. The molecular formula is C20H24Si. The van der Waals surface area contributed by atoms with Crippen molar-refractivity contribution in [3.63, 3.8) is 0 Å². The number of hydrogen-bond acceptors (Lipinski definition) is 0. The van der Waals surface area contributed by atoms with Gasteiger partial charge in [-0.1, -0.05) is 80.6 Å². The molecule has 1 aliphatic rings. The van der Waals surface area contributed by atoms with Gasteiger partial charge in [-0.15, -0.1) is 0 Å². The van der Waals surface area contributed by atoms with Gasteiger partial charge in [0.2, 0.25) is 0 Å². The van der Waals surface area contributed by atoms with Crippen molar-refractivity contribution in [1.29, 1.82) is 0 Å². The largest absolute Gasteiger partial charge is 0.0704 e. The first-order valence-electron chi connectivity index (χ1n) is 7.73. The van der Waals surface area contributed by atoms with E-state index in [1.54, 1.807) is 5.20 Å². The van der Waals surface area contributed by atoms with Gasteiger partial charge in [-0.2, -0.15) is 0 Å². The Hall–Kier alpha value is -1.60. The van der Waals surface area contributed by atoms with Crippen LogP contribution in [0.2, 0.25) is 0 Å². The van der Waals surface area contributed by atoms with E-state index in [2.05, 4.69) is 82.3 Å². The molecule has 0 heterocycles. The smallest absolute Gasteiger partial charge is 0.0356 e. The Bertz CT molecular complexity index is 791. The Morgan fingerprint density at radius 3 is 2.10 bits per heavy atom. The summed E-state index contributed by atoms with van der Waals surface area (Å²) in [6.45, 7) is 9.17. The Morgan fingerprint density at radius 1 is 0.905 bits per heavy atom. The van der Waals surface area contributed by atoms with Crippen molar-refractivity contribution in [3.05, 3.63) is 70.1 Å². The highest BCUT2D eigenvalue weighted by Gasteiger charge is 2.29. The molecule has 0 aliphatic heterocycles. The molecule has 1 aliphatic carbocycles. The molecule has 3 rings (SSSR count). The second-order valence-corrected chi connectivity index (χ2v) is 8.39. The first-order chi connectivity index (χ1) is 9.82. The molecule has 2 aromatic rings. The van der Waals surface area contributed by atoms with Crippen molar-refractivity contribution in [2.45, 2.75) is 38.5 Å². The first-order valence-corrected chi connectivity index (χ1v) is 8.73. The third kappa shape index (κ3) is 2.30. The van der Waals surface area contributed by atoms with Crippen LogP contribution in [0, 0.1) is 0 Å². The van der Waals surface area contributed by atoms with E-state index < -0.39 is 0 Å². The quantitative estimate of drug-likeness (QED) is 0.707. The predicted octanol–water partition coefficient (Wildman–Crippen LogP) is 2.21. The highest BCUT2D eigenvalue weighted by atomic mass is 28.1. The van der Waals surface area contributed by atoms with Gasteiger partial charge >= 0.3 is 0 Å². The molecule has 0 nitrogen and oxygen atoms in total. The zero-order valence-corrected chi connectivity index (χ0v) is 15.7. The van der Waals surface area contributed by atoms with Crippen molar-refractivity contribution in [2.24, 2.45) is 0 Å². The Kier molecular flexibility index (Phi) is 3.21. The fourth-order valence-corrected chi connectivity index (χ4v) is 4.17. The van der Waals surface area contributed by atoms with Crippen LogP contribution >= 0.6 is 0 Å². The van der Waals surface area contributed by atoms with E-state index in [1.807, 2.05) is 0 Å². The predicted molar refractivity (Wildman–Crippen MR) is 96.0 cm³/mol. The van der Waals surface area contributed by atoms with Gasteiger partial charge in [-0.25, -0.2) is 0 Å². The maximum atomic E-state index is 2.44. The molecule has 0 saturated carbocycles. The molecule has 108 valence electrons. The molecular weight excluding hydrogens is 268 g/mol. The molecule has 1 unspecified atom stereocenters. The maximum Gasteiger partial charge on any atom is 0.0356 e. The summed E-state index contributed by atoms with van der Waals surface area (Å²) < 4.78 is 0. The number of fused-ring (bicyclic) bond motifs is 1. The monoisotopic (exact) mass is 292 g/mol. The Balaban J connectivity index is 2.12. The minimum absolute atomic E-state index is 0.0757. The lowest BCUT2D eigenvalue weighted by Gasteiger charge is -2.27. The van der Waals surface area contributed by atoms with Gasteiger partial charge in [-0.3, -0.25) is 0 Å². The highest BCUT2D eigenvalue weighted by Crippen LogP contribution is 2.35. The topological polar surface area (TPSA) is 0 Å². The Labute approximate surface area is 130 Å². The van der Waals surface area contributed by atoms with Gasteiger partial charge in [0.15, 0.2) is 0 Å². The molecule has 1 atom stereocenters. The van der Waals surface area contributed by atoms with Crippen LogP contribution in [0.4, 0.5) is 0 Å². The molecule has 2 aromatic carbocycles. The minimum atomic E-state index is 0.0757. The van der Waals surface area contributed by atoms with Crippen LogP contribution in [0.15, 0.2) is 48.5 Å². The van der Waals surface area contributed by atoms with Crippen molar-refractivity contribution in [1.82, 2.24) is 0 Å². The average molecular weight is 292 g/mol. The molecule has 0 saturated heterocycles. The van der Waals surface area contributed by atoms with Gasteiger partial charge in [-0.05, 0) is 33.9 Å². The average Bonchev–Trinajstić information content (AvgIpc) is 2.72. The second-order valence-electron chi connectivity index (χ2n) is 7.39. The van der Waals surface area contributed by atoms with Crippen LogP contribution in [0.1, 0.15) is 38.8 Å². The van der Waals surface area contributed by atoms with Crippen LogP contribution < -0.4 is 10.4 Å². The summed E-state index contributed by atoms with van der Waals surface area (Å²) in [5.74, 6) is 0. The van der Waals surface area contributed by atoms with E-state index in [0.29, 0.717) is 0 Å². The number of rotatable bonds is 1. The molecule has 0 amide bonds. The number of benzene rings is 2. The van der Waals surface area contributed by atoms with E-state index in [9.17, 15) is 0 Å². The summed E-state index contributed by atoms with van der Waals surface area (Å²) in [5.41, 5.74) is 3.11. The molecule has 0 radical (unpaired) electrons. The highest BCUT2D eigenvalue weighted by molar-refractivity contribution is 6.41. The summed E-state index contributed by atoms with van der Waals surface area (Å²) in [6.07, 6.45) is 2.44. The summed E-state index contributed by atoms with van der Waals surface area (Å²) >= 11 is 0. The van der Waals surface area contributed by atoms with Gasteiger partial charge in [0.25, 0.3) is 0 Å². The zero-order valence-electron chi connectivity index (χ0n) is 13.7. The van der Waals surface area contributed by atoms with Crippen molar-refractivity contribution in [3.8, 4) is 0 Å². The molecule has 0 bridgehead atoms. The normalized spacial score (nSPS) is 21.2.